The van der Waals surface area contributed by atoms with Gasteiger partial charge in [0, 0.05) is 13.6 Å². The lowest BCUT2D eigenvalue weighted by atomic mass is 10.2. The molecule has 0 saturated carbocycles. The Morgan fingerprint density at radius 1 is 1.50 bits per heavy atom. The summed E-state index contributed by atoms with van der Waals surface area (Å²) >= 11 is 0. The second-order valence-electron chi connectivity index (χ2n) is 4.03. The van der Waals surface area contributed by atoms with Gasteiger partial charge in [-0.3, -0.25) is 4.68 Å². The van der Waals surface area contributed by atoms with E-state index < -0.39 is 0 Å². The van der Waals surface area contributed by atoms with Gasteiger partial charge in [0.2, 0.25) is 0 Å². The zero-order valence-electron chi connectivity index (χ0n) is 10.3. The highest BCUT2D eigenvalue weighted by molar-refractivity contribution is 5.65. The van der Waals surface area contributed by atoms with Gasteiger partial charge in [-0.05, 0) is 12.8 Å². The first-order valence-electron chi connectivity index (χ1n) is 5.83. The lowest BCUT2D eigenvalue weighted by molar-refractivity contribution is 0.183. The van der Waals surface area contributed by atoms with Crippen molar-refractivity contribution in [3.63, 3.8) is 0 Å². The van der Waals surface area contributed by atoms with E-state index in [9.17, 15) is 5.11 Å². The smallest absolute Gasteiger partial charge is 0.147 e. The molecule has 5 nitrogen and oxygen atoms in total. The number of rotatable bonds is 6. The number of aliphatic hydroxyl groups excluding tert-OH is 1. The second-order valence-corrected chi connectivity index (χ2v) is 4.03. The molecule has 1 rings (SSSR count). The van der Waals surface area contributed by atoms with Crippen molar-refractivity contribution in [2.24, 2.45) is 7.05 Å². The molecule has 92 valence electrons. The molecule has 16 heavy (non-hydrogen) atoms. The summed E-state index contributed by atoms with van der Waals surface area (Å²) < 4.78 is 1.74. The van der Waals surface area contributed by atoms with Gasteiger partial charge >= 0.3 is 0 Å². The average molecular weight is 226 g/mol. The van der Waals surface area contributed by atoms with E-state index in [0.717, 1.165) is 30.8 Å². The number of nitrogens with zero attached hydrogens (tertiary/aromatic N) is 2. The molecule has 1 unspecified atom stereocenters. The van der Waals surface area contributed by atoms with Gasteiger partial charge in [0.15, 0.2) is 0 Å². The Morgan fingerprint density at radius 3 is 2.75 bits per heavy atom. The van der Waals surface area contributed by atoms with E-state index >= 15 is 0 Å². The molecule has 1 atom stereocenters. The topological polar surface area (TPSA) is 76.1 Å². The second kappa shape index (κ2) is 5.75. The fraction of sp³-hybridized carbons (Fsp3) is 0.727. The highest BCUT2D eigenvalue weighted by Crippen LogP contribution is 2.22. The highest BCUT2D eigenvalue weighted by Gasteiger charge is 2.12. The fourth-order valence-corrected chi connectivity index (χ4v) is 1.59. The zero-order chi connectivity index (χ0) is 12.1. The molecule has 0 radical (unpaired) electrons. The normalized spacial score (nSPS) is 12.8. The molecule has 0 amide bonds. The standard InChI is InChI=1S/C11H22N4O/c1-4-6-9-10(12)11(15(3)14-9)13-7-8(16)5-2/h8,13,16H,4-7,12H2,1-3H3. The quantitative estimate of drug-likeness (QED) is 0.680. The predicted octanol–water partition coefficient (Wildman–Crippen LogP) is 1.14. The third kappa shape index (κ3) is 2.88. The van der Waals surface area contributed by atoms with Crippen LogP contribution in [0.3, 0.4) is 0 Å². The molecule has 0 saturated heterocycles. The van der Waals surface area contributed by atoms with Crippen LogP contribution in [0.5, 0.6) is 0 Å². The number of hydrogen-bond acceptors (Lipinski definition) is 4. The Kier molecular flexibility index (Phi) is 4.61. The molecular weight excluding hydrogens is 204 g/mol. The minimum atomic E-state index is -0.344. The summed E-state index contributed by atoms with van der Waals surface area (Å²) in [5, 5.41) is 17.0. The van der Waals surface area contributed by atoms with Gasteiger partial charge in [-0.25, -0.2) is 0 Å². The lowest BCUT2D eigenvalue weighted by Gasteiger charge is -2.11. The van der Waals surface area contributed by atoms with Crippen LogP contribution in [0.4, 0.5) is 11.5 Å². The number of aromatic nitrogens is 2. The predicted molar refractivity (Wildman–Crippen MR) is 66.4 cm³/mol. The number of nitrogen functional groups attached to an aromatic ring is 1. The molecule has 0 bridgehead atoms. The molecule has 0 aromatic carbocycles. The number of aryl methyl sites for hydroxylation is 2. The molecule has 1 aromatic heterocycles. The number of hydrogen-bond donors (Lipinski definition) is 3. The van der Waals surface area contributed by atoms with E-state index in [1.165, 1.54) is 0 Å². The van der Waals surface area contributed by atoms with Crippen LogP contribution in [-0.2, 0) is 13.5 Å². The van der Waals surface area contributed by atoms with E-state index in [4.69, 9.17) is 5.73 Å². The van der Waals surface area contributed by atoms with Gasteiger partial charge in [-0.15, -0.1) is 0 Å². The van der Waals surface area contributed by atoms with E-state index in [2.05, 4.69) is 17.3 Å². The molecule has 0 spiro atoms. The van der Waals surface area contributed by atoms with Gasteiger partial charge < -0.3 is 16.2 Å². The van der Waals surface area contributed by atoms with Crippen molar-refractivity contribution in [1.29, 1.82) is 0 Å². The molecule has 1 aromatic rings. The third-order valence-corrected chi connectivity index (χ3v) is 2.62. The molecule has 0 aliphatic rings. The zero-order valence-corrected chi connectivity index (χ0v) is 10.3. The van der Waals surface area contributed by atoms with Crippen molar-refractivity contribution in [3.05, 3.63) is 5.69 Å². The van der Waals surface area contributed by atoms with Crippen molar-refractivity contribution in [1.82, 2.24) is 9.78 Å². The van der Waals surface area contributed by atoms with E-state index in [-0.39, 0.29) is 6.10 Å². The number of anilines is 2. The summed E-state index contributed by atoms with van der Waals surface area (Å²) in [6, 6.07) is 0. The van der Waals surface area contributed by atoms with E-state index in [0.29, 0.717) is 12.2 Å². The van der Waals surface area contributed by atoms with Crippen molar-refractivity contribution in [2.75, 3.05) is 17.6 Å². The lowest BCUT2D eigenvalue weighted by Crippen LogP contribution is -2.20. The number of aliphatic hydroxyl groups is 1. The molecule has 5 heteroatoms. The first-order chi connectivity index (χ1) is 7.60. The van der Waals surface area contributed by atoms with Crippen LogP contribution in [0, 0.1) is 0 Å². The first kappa shape index (κ1) is 12.8. The molecule has 4 N–H and O–H groups in total. The molecule has 0 aliphatic heterocycles. The van der Waals surface area contributed by atoms with Crippen LogP contribution in [0.2, 0.25) is 0 Å². The Labute approximate surface area is 96.6 Å². The summed E-state index contributed by atoms with van der Waals surface area (Å²) in [6.07, 6.45) is 2.30. The maximum absolute atomic E-state index is 9.48. The summed E-state index contributed by atoms with van der Waals surface area (Å²) in [7, 11) is 1.86. The van der Waals surface area contributed by atoms with Crippen LogP contribution < -0.4 is 11.1 Å². The van der Waals surface area contributed by atoms with Gasteiger partial charge in [0.1, 0.15) is 5.82 Å². The fourth-order valence-electron chi connectivity index (χ4n) is 1.59. The van der Waals surface area contributed by atoms with Crippen LogP contribution in [0.15, 0.2) is 0 Å². The minimum absolute atomic E-state index is 0.344. The summed E-state index contributed by atoms with van der Waals surface area (Å²) in [5.74, 6) is 0.802. The Balaban J connectivity index is 2.72. The van der Waals surface area contributed by atoms with E-state index in [1.807, 2.05) is 14.0 Å². The summed E-state index contributed by atoms with van der Waals surface area (Å²) in [6.45, 7) is 4.55. The molecular formula is C11H22N4O. The third-order valence-electron chi connectivity index (χ3n) is 2.62. The summed E-state index contributed by atoms with van der Waals surface area (Å²) in [4.78, 5) is 0. The molecule has 0 fully saturated rings. The number of nitrogens with one attached hydrogen (secondary N) is 1. The SMILES string of the molecule is CCCc1nn(C)c(NCC(O)CC)c1N. The first-order valence-corrected chi connectivity index (χ1v) is 5.83. The highest BCUT2D eigenvalue weighted by atomic mass is 16.3. The summed E-state index contributed by atoms with van der Waals surface area (Å²) in [5.41, 5.74) is 7.62. The van der Waals surface area contributed by atoms with Gasteiger partial charge in [-0.1, -0.05) is 20.3 Å². The van der Waals surface area contributed by atoms with E-state index in [1.54, 1.807) is 4.68 Å². The monoisotopic (exact) mass is 226 g/mol. The Bertz CT molecular complexity index is 335. The maximum atomic E-state index is 9.48. The average Bonchev–Trinajstić information content (AvgIpc) is 2.52. The molecule has 1 heterocycles. The van der Waals surface area contributed by atoms with Crippen molar-refractivity contribution >= 4 is 11.5 Å². The van der Waals surface area contributed by atoms with Gasteiger partial charge in [0.25, 0.3) is 0 Å². The minimum Gasteiger partial charge on any atom is -0.394 e. The largest absolute Gasteiger partial charge is 0.394 e. The van der Waals surface area contributed by atoms with Crippen LogP contribution in [-0.4, -0.2) is 27.5 Å². The van der Waals surface area contributed by atoms with Gasteiger partial charge in [0.05, 0.1) is 17.5 Å². The Hall–Kier alpha value is -1.23. The van der Waals surface area contributed by atoms with Crippen LogP contribution in [0.1, 0.15) is 32.4 Å². The van der Waals surface area contributed by atoms with Crippen LogP contribution >= 0.6 is 0 Å². The Morgan fingerprint density at radius 2 is 2.19 bits per heavy atom. The molecule has 0 aliphatic carbocycles. The van der Waals surface area contributed by atoms with Crippen LogP contribution in [0.25, 0.3) is 0 Å². The van der Waals surface area contributed by atoms with Crippen molar-refractivity contribution < 1.29 is 5.11 Å². The van der Waals surface area contributed by atoms with Gasteiger partial charge in [-0.2, -0.15) is 5.10 Å². The maximum Gasteiger partial charge on any atom is 0.147 e. The van der Waals surface area contributed by atoms with Crippen molar-refractivity contribution in [2.45, 2.75) is 39.2 Å². The van der Waals surface area contributed by atoms with Crippen molar-refractivity contribution in [3.8, 4) is 0 Å². The number of nitrogens with two attached hydrogens (primary N) is 1.